The third kappa shape index (κ3) is 7.12. The average Bonchev–Trinajstić information content (AvgIpc) is 2.76. The molecule has 1 fully saturated rings. The van der Waals surface area contributed by atoms with Gasteiger partial charge in [0.25, 0.3) is 0 Å². The molecular formula is C24H31F3N2O3. The standard InChI is InChI=1S/C24H31F3N2O3/c1-18-6-7-23(14-19(18)2)32-13-12-31-17-22(30)16-28-8-10-29(11-9-28)21-5-3-4-20(15-21)24(25,26)27/h3-7,14-15,22,30H,8-13,16-17H2,1-2H3. The first-order valence-electron chi connectivity index (χ1n) is 10.8. The lowest BCUT2D eigenvalue weighted by Gasteiger charge is -2.37. The Labute approximate surface area is 187 Å². The SMILES string of the molecule is Cc1ccc(OCCOCC(O)CN2CCN(c3cccc(C(F)(F)F)c3)CC2)cc1C. The summed E-state index contributed by atoms with van der Waals surface area (Å²) in [5.41, 5.74) is 2.33. The number of rotatable bonds is 9. The zero-order chi connectivity index (χ0) is 23.1. The molecule has 3 rings (SSSR count). The van der Waals surface area contributed by atoms with Gasteiger partial charge in [0, 0.05) is 38.4 Å². The number of benzene rings is 2. The number of aliphatic hydroxyl groups is 1. The lowest BCUT2D eigenvalue weighted by molar-refractivity contribution is -0.137. The Bertz CT molecular complexity index is 868. The molecule has 2 aromatic carbocycles. The molecule has 0 saturated carbocycles. The van der Waals surface area contributed by atoms with Crippen LogP contribution in [0, 0.1) is 13.8 Å². The second-order valence-electron chi connectivity index (χ2n) is 8.16. The topological polar surface area (TPSA) is 45.2 Å². The minimum atomic E-state index is -4.34. The maximum atomic E-state index is 12.9. The quantitative estimate of drug-likeness (QED) is 0.585. The number of piperazine rings is 1. The van der Waals surface area contributed by atoms with E-state index < -0.39 is 17.8 Å². The van der Waals surface area contributed by atoms with Gasteiger partial charge >= 0.3 is 6.18 Å². The molecule has 0 bridgehead atoms. The molecule has 176 valence electrons. The van der Waals surface area contributed by atoms with Crippen molar-refractivity contribution >= 4 is 5.69 Å². The van der Waals surface area contributed by atoms with E-state index in [0.29, 0.717) is 51.6 Å². The van der Waals surface area contributed by atoms with Crippen molar-refractivity contribution in [1.29, 1.82) is 0 Å². The van der Waals surface area contributed by atoms with E-state index in [1.165, 1.54) is 23.3 Å². The van der Waals surface area contributed by atoms with Crippen molar-refractivity contribution in [2.45, 2.75) is 26.1 Å². The number of nitrogens with zero attached hydrogens (tertiary/aromatic N) is 2. The second-order valence-corrected chi connectivity index (χ2v) is 8.16. The van der Waals surface area contributed by atoms with Gasteiger partial charge in [-0.15, -0.1) is 0 Å². The van der Waals surface area contributed by atoms with Crippen LogP contribution in [-0.2, 0) is 10.9 Å². The summed E-state index contributed by atoms with van der Waals surface area (Å²) < 4.78 is 50.0. The van der Waals surface area contributed by atoms with Crippen molar-refractivity contribution in [2.75, 3.05) is 57.4 Å². The highest BCUT2D eigenvalue weighted by Gasteiger charge is 2.31. The van der Waals surface area contributed by atoms with Gasteiger partial charge in [0.1, 0.15) is 12.4 Å². The Morgan fingerprint density at radius 2 is 1.72 bits per heavy atom. The van der Waals surface area contributed by atoms with Crippen LogP contribution in [0.25, 0.3) is 0 Å². The highest BCUT2D eigenvalue weighted by molar-refractivity contribution is 5.49. The fourth-order valence-corrected chi connectivity index (χ4v) is 3.66. The summed E-state index contributed by atoms with van der Waals surface area (Å²) in [4.78, 5) is 4.04. The summed E-state index contributed by atoms with van der Waals surface area (Å²) in [6, 6.07) is 11.4. The van der Waals surface area contributed by atoms with Crippen molar-refractivity contribution in [1.82, 2.24) is 4.90 Å². The number of anilines is 1. The van der Waals surface area contributed by atoms with E-state index in [2.05, 4.69) is 11.8 Å². The van der Waals surface area contributed by atoms with Crippen LogP contribution in [0.5, 0.6) is 5.75 Å². The first-order chi connectivity index (χ1) is 15.2. The Morgan fingerprint density at radius 3 is 2.41 bits per heavy atom. The van der Waals surface area contributed by atoms with E-state index in [4.69, 9.17) is 9.47 Å². The largest absolute Gasteiger partial charge is 0.491 e. The van der Waals surface area contributed by atoms with Crippen molar-refractivity contribution < 1.29 is 27.8 Å². The summed E-state index contributed by atoms with van der Waals surface area (Å²) in [6.45, 7) is 8.11. The number of aryl methyl sites for hydroxylation is 2. The summed E-state index contributed by atoms with van der Waals surface area (Å²) in [7, 11) is 0. The predicted octanol–water partition coefficient (Wildman–Crippen LogP) is 3.90. The van der Waals surface area contributed by atoms with Gasteiger partial charge in [0.15, 0.2) is 0 Å². The average molecular weight is 453 g/mol. The maximum Gasteiger partial charge on any atom is 0.416 e. The number of alkyl halides is 3. The van der Waals surface area contributed by atoms with Crippen LogP contribution < -0.4 is 9.64 Å². The summed E-state index contributed by atoms with van der Waals surface area (Å²) in [5, 5.41) is 10.2. The van der Waals surface area contributed by atoms with Crippen LogP contribution >= 0.6 is 0 Å². The van der Waals surface area contributed by atoms with Crippen molar-refractivity contribution in [2.24, 2.45) is 0 Å². The van der Waals surface area contributed by atoms with E-state index in [1.807, 2.05) is 30.0 Å². The molecule has 1 saturated heterocycles. The molecule has 2 aromatic rings. The molecule has 0 amide bonds. The lowest BCUT2D eigenvalue weighted by atomic mass is 10.1. The first kappa shape index (κ1) is 24.4. The third-order valence-electron chi connectivity index (χ3n) is 5.66. The molecule has 0 radical (unpaired) electrons. The molecule has 1 aliphatic rings. The number of hydrogen-bond donors (Lipinski definition) is 1. The number of halogens is 3. The van der Waals surface area contributed by atoms with Gasteiger partial charge in [-0.2, -0.15) is 13.2 Å². The van der Waals surface area contributed by atoms with Gasteiger partial charge in [-0.3, -0.25) is 4.90 Å². The second kappa shape index (κ2) is 11.0. The number of aliphatic hydroxyl groups excluding tert-OH is 1. The van der Waals surface area contributed by atoms with Gasteiger partial charge < -0.3 is 19.5 Å². The normalized spacial score (nSPS) is 16.2. The van der Waals surface area contributed by atoms with Gasteiger partial charge in [0.2, 0.25) is 0 Å². The lowest BCUT2D eigenvalue weighted by Crippen LogP contribution is -2.49. The van der Waals surface area contributed by atoms with Crippen molar-refractivity contribution in [3.8, 4) is 5.75 Å². The maximum absolute atomic E-state index is 12.9. The van der Waals surface area contributed by atoms with Crippen molar-refractivity contribution in [3.05, 3.63) is 59.2 Å². The van der Waals surface area contributed by atoms with Crippen LogP contribution in [0.15, 0.2) is 42.5 Å². The van der Waals surface area contributed by atoms with E-state index in [1.54, 1.807) is 6.07 Å². The van der Waals surface area contributed by atoms with E-state index >= 15 is 0 Å². The number of hydrogen-bond acceptors (Lipinski definition) is 5. The Morgan fingerprint density at radius 1 is 0.969 bits per heavy atom. The van der Waals surface area contributed by atoms with Crippen LogP contribution in [0.4, 0.5) is 18.9 Å². The predicted molar refractivity (Wildman–Crippen MR) is 118 cm³/mol. The van der Waals surface area contributed by atoms with Crippen molar-refractivity contribution in [3.63, 3.8) is 0 Å². The minimum Gasteiger partial charge on any atom is -0.491 e. The minimum absolute atomic E-state index is 0.212. The molecule has 0 aliphatic carbocycles. The third-order valence-corrected chi connectivity index (χ3v) is 5.66. The highest BCUT2D eigenvalue weighted by Crippen LogP contribution is 2.31. The van der Waals surface area contributed by atoms with Crippen LogP contribution in [0.2, 0.25) is 0 Å². The first-order valence-corrected chi connectivity index (χ1v) is 10.8. The van der Waals surface area contributed by atoms with E-state index in [-0.39, 0.29) is 6.61 Å². The Hall–Kier alpha value is -2.29. The Kier molecular flexibility index (Phi) is 8.39. The molecule has 1 heterocycles. The molecule has 1 unspecified atom stereocenters. The van der Waals surface area contributed by atoms with Gasteiger partial charge in [-0.25, -0.2) is 0 Å². The van der Waals surface area contributed by atoms with Crippen LogP contribution in [0.1, 0.15) is 16.7 Å². The smallest absolute Gasteiger partial charge is 0.416 e. The summed E-state index contributed by atoms with van der Waals surface area (Å²) in [6.07, 6.45) is -4.97. The summed E-state index contributed by atoms with van der Waals surface area (Å²) >= 11 is 0. The molecule has 8 heteroatoms. The molecule has 5 nitrogen and oxygen atoms in total. The van der Waals surface area contributed by atoms with Gasteiger partial charge in [0.05, 0.1) is 24.9 Å². The molecule has 32 heavy (non-hydrogen) atoms. The fraction of sp³-hybridized carbons (Fsp3) is 0.500. The zero-order valence-corrected chi connectivity index (χ0v) is 18.6. The molecule has 1 aliphatic heterocycles. The van der Waals surface area contributed by atoms with E-state index in [9.17, 15) is 18.3 Å². The van der Waals surface area contributed by atoms with Crippen LogP contribution in [0.3, 0.4) is 0 Å². The highest BCUT2D eigenvalue weighted by atomic mass is 19.4. The molecule has 1 atom stereocenters. The monoisotopic (exact) mass is 452 g/mol. The zero-order valence-electron chi connectivity index (χ0n) is 18.6. The molecular weight excluding hydrogens is 421 g/mol. The molecule has 0 aromatic heterocycles. The summed E-state index contributed by atoms with van der Waals surface area (Å²) in [5.74, 6) is 0.802. The van der Waals surface area contributed by atoms with Gasteiger partial charge in [-0.05, 0) is 55.3 Å². The Balaban J connectivity index is 1.33. The molecule has 1 N–H and O–H groups in total. The molecule has 0 spiro atoms. The fourth-order valence-electron chi connectivity index (χ4n) is 3.66. The van der Waals surface area contributed by atoms with Gasteiger partial charge in [-0.1, -0.05) is 12.1 Å². The number of β-amino-alcohol motifs (C(OH)–C–C–N with tert-alkyl or cyclic N) is 1. The van der Waals surface area contributed by atoms with Crippen LogP contribution in [-0.4, -0.2) is 68.7 Å². The van der Waals surface area contributed by atoms with E-state index in [0.717, 1.165) is 11.8 Å². The number of ether oxygens (including phenoxy) is 2.